The highest BCUT2D eigenvalue weighted by Crippen LogP contribution is 2.35. The minimum absolute atomic E-state index is 0.123. The van der Waals surface area contributed by atoms with Crippen molar-refractivity contribution in [3.05, 3.63) is 0 Å². The van der Waals surface area contributed by atoms with Crippen LogP contribution in [0, 0.1) is 17.8 Å². The maximum atomic E-state index is 10.8. The van der Waals surface area contributed by atoms with E-state index in [0.717, 1.165) is 0 Å². The molecule has 5 atom stereocenters. The van der Waals surface area contributed by atoms with Gasteiger partial charge in [0.05, 0.1) is 12.8 Å². The normalized spacial score (nSPS) is 37.8. The van der Waals surface area contributed by atoms with E-state index in [1.54, 1.807) is 0 Å². The van der Waals surface area contributed by atoms with Gasteiger partial charge in [-0.2, -0.15) is 0 Å². The van der Waals surface area contributed by atoms with Crippen LogP contribution < -0.4 is 5.73 Å². The van der Waals surface area contributed by atoms with E-state index >= 15 is 0 Å². The Labute approximate surface area is 103 Å². The van der Waals surface area contributed by atoms with Crippen LogP contribution in [-0.4, -0.2) is 31.7 Å². The summed E-state index contributed by atoms with van der Waals surface area (Å²) in [6.45, 7) is 8.16. The van der Waals surface area contributed by atoms with Gasteiger partial charge in [0.1, 0.15) is 6.61 Å². The van der Waals surface area contributed by atoms with Crippen LogP contribution in [0.1, 0.15) is 27.7 Å². The van der Waals surface area contributed by atoms with Gasteiger partial charge in [-0.25, -0.2) is 0 Å². The topological polar surface area (TPSA) is 70.8 Å². The number of hydrogen-bond donors (Lipinski definition) is 1. The van der Waals surface area contributed by atoms with Crippen LogP contribution in [0.4, 0.5) is 0 Å². The molecule has 5 unspecified atom stereocenters. The Morgan fingerprint density at radius 1 is 1.24 bits per heavy atom. The van der Waals surface area contributed by atoms with Gasteiger partial charge in [-0.15, -0.1) is 0 Å². The number of carbonyl (C=O) groups excluding carboxylic acids is 1. The molecule has 0 saturated carbocycles. The van der Waals surface area contributed by atoms with Gasteiger partial charge in [-0.3, -0.25) is 4.79 Å². The Balaban J connectivity index is 2.60. The zero-order valence-corrected chi connectivity index (χ0v) is 11.0. The molecule has 0 aromatic heterocycles. The Morgan fingerprint density at radius 2 is 1.88 bits per heavy atom. The molecule has 1 aliphatic rings. The van der Waals surface area contributed by atoms with Crippen molar-refractivity contribution >= 4 is 5.97 Å². The quantitative estimate of drug-likeness (QED) is 0.593. The highest BCUT2D eigenvalue weighted by Gasteiger charge is 2.39. The molecule has 5 heteroatoms. The lowest BCUT2D eigenvalue weighted by molar-refractivity contribution is -0.254. The molecule has 1 saturated heterocycles. The van der Waals surface area contributed by atoms with Gasteiger partial charge < -0.3 is 19.9 Å². The van der Waals surface area contributed by atoms with E-state index in [-0.39, 0.29) is 37.6 Å². The standard InChI is InChI=1S/C12H23NO4/c1-7-8(2)11(5-15-10(4)14)17-12(9(7)3)16-6-13/h7-9,11-12H,5-6,13H2,1-4H3. The molecule has 0 aromatic carbocycles. The average Bonchev–Trinajstić information content (AvgIpc) is 2.28. The van der Waals surface area contributed by atoms with Crippen LogP contribution in [0.2, 0.25) is 0 Å². The third-order valence-corrected chi connectivity index (χ3v) is 3.69. The van der Waals surface area contributed by atoms with Crippen LogP contribution in [0.15, 0.2) is 0 Å². The summed E-state index contributed by atoms with van der Waals surface area (Å²) in [5.41, 5.74) is 5.38. The molecule has 1 heterocycles. The fraction of sp³-hybridized carbons (Fsp3) is 0.917. The van der Waals surface area contributed by atoms with Crippen LogP contribution in [0.3, 0.4) is 0 Å². The zero-order valence-electron chi connectivity index (χ0n) is 11.0. The monoisotopic (exact) mass is 245 g/mol. The van der Waals surface area contributed by atoms with Crippen molar-refractivity contribution in [2.75, 3.05) is 13.3 Å². The molecule has 1 rings (SSSR count). The van der Waals surface area contributed by atoms with Crippen molar-refractivity contribution in [3.8, 4) is 0 Å². The second kappa shape index (κ2) is 6.33. The number of esters is 1. The Kier molecular flexibility index (Phi) is 5.36. The summed E-state index contributed by atoms with van der Waals surface area (Å²) in [6.07, 6.45) is -0.437. The Morgan fingerprint density at radius 3 is 2.41 bits per heavy atom. The van der Waals surface area contributed by atoms with Crippen molar-refractivity contribution in [2.24, 2.45) is 23.5 Å². The first-order valence-corrected chi connectivity index (χ1v) is 6.07. The minimum atomic E-state index is -0.313. The summed E-state index contributed by atoms with van der Waals surface area (Å²) in [5.74, 6) is 0.744. The molecular weight excluding hydrogens is 222 g/mol. The molecule has 2 N–H and O–H groups in total. The number of carbonyl (C=O) groups is 1. The van der Waals surface area contributed by atoms with E-state index < -0.39 is 0 Å². The zero-order chi connectivity index (χ0) is 13.0. The summed E-state index contributed by atoms with van der Waals surface area (Å²) in [4.78, 5) is 10.8. The van der Waals surface area contributed by atoms with Crippen molar-refractivity contribution in [2.45, 2.75) is 40.1 Å². The van der Waals surface area contributed by atoms with Gasteiger partial charge in [0.15, 0.2) is 6.29 Å². The smallest absolute Gasteiger partial charge is 0.302 e. The number of ether oxygens (including phenoxy) is 3. The lowest BCUT2D eigenvalue weighted by Crippen LogP contribution is -2.48. The fourth-order valence-electron chi connectivity index (χ4n) is 2.16. The molecule has 5 nitrogen and oxygen atoms in total. The third-order valence-electron chi connectivity index (χ3n) is 3.69. The third kappa shape index (κ3) is 3.66. The molecule has 17 heavy (non-hydrogen) atoms. The van der Waals surface area contributed by atoms with E-state index in [1.807, 2.05) is 0 Å². The molecule has 0 bridgehead atoms. The first-order valence-electron chi connectivity index (χ1n) is 6.07. The molecule has 0 radical (unpaired) electrons. The SMILES string of the molecule is CC(=O)OCC1OC(OCN)C(C)C(C)C1C. The van der Waals surface area contributed by atoms with E-state index in [1.165, 1.54) is 6.92 Å². The van der Waals surface area contributed by atoms with Gasteiger partial charge in [-0.1, -0.05) is 20.8 Å². The van der Waals surface area contributed by atoms with Crippen molar-refractivity contribution in [3.63, 3.8) is 0 Å². The van der Waals surface area contributed by atoms with E-state index in [2.05, 4.69) is 20.8 Å². The van der Waals surface area contributed by atoms with Gasteiger partial charge in [0.25, 0.3) is 0 Å². The van der Waals surface area contributed by atoms with E-state index in [4.69, 9.17) is 19.9 Å². The molecule has 1 fully saturated rings. The summed E-state index contributed by atoms with van der Waals surface area (Å²) in [6, 6.07) is 0. The van der Waals surface area contributed by atoms with Gasteiger partial charge in [-0.05, 0) is 11.8 Å². The molecule has 0 spiro atoms. The largest absolute Gasteiger partial charge is 0.463 e. The minimum Gasteiger partial charge on any atom is -0.463 e. The van der Waals surface area contributed by atoms with Crippen LogP contribution in [-0.2, 0) is 19.0 Å². The summed E-state index contributed by atoms with van der Waals surface area (Å²) in [7, 11) is 0. The second-order valence-electron chi connectivity index (χ2n) is 4.76. The van der Waals surface area contributed by atoms with Gasteiger partial charge in [0.2, 0.25) is 0 Å². The van der Waals surface area contributed by atoms with Crippen LogP contribution in [0.5, 0.6) is 0 Å². The predicted octanol–water partition coefficient (Wildman–Crippen LogP) is 1.12. The predicted molar refractivity (Wildman–Crippen MR) is 62.9 cm³/mol. The number of rotatable bonds is 4. The molecule has 100 valence electrons. The lowest BCUT2D eigenvalue weighted by atomic mass is 9.79. The molecule has 1 aliphatic heterocycles. The highest BCUT2D eigenvalue weighted by molar-refractivity contribution is 5.65. The maximum Gasteiger partial charge on any atom is 0.302 e. The summed E-state index contributed by atoms with van der Waals surface area (Å²) in [5, 5.41) is 0. The number of nitrogens with two attached hydrogens (primary N) is 1. The molecular formula is C12H23NO4. The lowest BCUT2D eigenvalue weighted by Gasteiger charge is -2.42. The van der Waals surface area contributed by atoms with Crippen molar-refractivity contribution < 1.29 is 19.0 Å². The van der Waals surface area contributed by atoms with Crippen LogP contribution in [0.25, 0.3) is 0 Å². The molecule has 0 amide bonds. The van der Waals surface area contributed by atoms with Crippen LogP contribution >= 0.6 is 0 Å². The van der Waals surface area contributed by atoms with Crippen molar-refractivity contribution in [1.82, 2.24) is 0 Å². The van der Waals surface area contributed by atoms with Crippen molar-refractivity contribution in [1.29, 1.82) is 0 Å². The Hall–Kier alpha value is -0.650. The van der Waals surface area contributed by atoms with E-state index in [0.29, 0.717) is 11.8 Å². The molecule has 0 aliphatic carbocycles. The first-order chi connectivity index (χ1) is 7.97. The summed E-state index contributed by atoms with van der Waals surface area (Å²) < 4.78 is 16.2. The highest BCUT2D eigenvalue weighted by atomic mass is 16.7. The second-order valence-corrected chi connectivity index (χ2v) is 4.76. The fourth-order valence-corrected chi connectivity index (χ4v) is 2.16. The first kappa shape index (κ1) is 14.4. The van der Waals surface area contributed by atoms with Gasteiger partial charge in [0, 0.05) is 12.8 Å². The summed E-state index contributed by atoms with van der Waals surface area (Å²) >= 11 is 0. The van der Waals surface area contributed by atoms with E-state index in [9.17, 15) is 4.79 Å². The average molecular weight is 245 g/mol. The molecule has 0 aromatic rings. The maximum absolute atomic E-state index is 10.8. The Bertz CT molecular complexity index is 259. The van der Waals surface area contributed by atoms with Gasteiger partial charge >= 0.3 is 5.97 Å². The number of hydrogen-bond acceptors (Lipinski definition) is 5.